The summed E-state index contributed by atoms with van der Waals surface area (Å²) >= 11 is 1.69. The number of thiazole rings is 1. The number of aromatic amines is 1. The molecule has 8 heteroatoms. The van der Waals surface area contributed by atoms with Crippen molar-refractivity contribution in [2.45, 2.75) is 46.7 Å². The number of hydrogen-bond donors (Lipinski definition) is 1. The van der Waals surface area contributed by atoms with Crippen molar-refractivity contribution in [3.05, 3.63) is 27.7 Å². The fourth-order valence-electron chi connectivity index (χ4n) is 3.21. The van der Waals surface area contributed by atoms with Crippen LogP contribution in [0.3, 0.4) is 0 Å². The molecule has 136 valence electrons. The number of aromatic nitrogens is 4. The van der Waals surface area contributed by atoms with Gasteiger partial charge in [0.2, 0.25) is 5.91 Å². The summed E-state index contributed by atoms with van der Waals surface area (Å²) in [4.78, 5) is 27.3. The van der Waals surface area contributed by atoms with Gasteiger partial charge in [0.25, 0.3) is 0 Å². The van der Waals surface area contributed by atoms with Crippen molar-refractivity contribution < 1.29 is 4.79 Å². The maximum absolute atomic E-state index is 12.8. The third-order valence-corrected chi connectivity index (χ3v) is 5.50. The Bertz CT molecular complexity index is 724. The monoisotopic (exact) mass is 362 g/mol. The van der Waals surface area contributed by atoms with Gasteiger partial charge in [-0.1, -0.05) is 13.8 Å². The van der Waals surface area contributed by atoms with E-state index in [0.717, 1.165) is 44.1 Å². The lowest BCUT2D eigenvalue weighted by molar-refractivity contribution is -0.137. The Morgan fingerprint density at radius 2 is 2.20 bits per heavy atom. The van der Waals surface area contributed by atoms with Crippen LogP contribution in [0.5, 0.6) is 0 Å². The van der Waals surface area contributed by atoms with Crippen LogP contribution in [0, 0.1) is 19.8 Å². The molecular weight excluding hydrogens is 336 g/mol. The summed E-state index contributed by atoms with van der Waals surface area (Å²) in [5, 5.41) is 7.27. The standard InChI is InChI=1S/C17H26N6OS/c1-11(2)17(24)23-7-5-6-22(9-15-12(3)18-10-25-15)8-14(23)16-19-13(4)20-21-16/h10-11,14H,5-9H2,1-4H3,(H,19,20,21). The largest absolute Gasteiger partial charge is 0.331 e. The van der Waals surface area contributed by atoms with Crippen LogP contribution in [0.15, 0.2) is 5.51 Å². The minimum Gasteiger partial charge on any atom is -0.331 e. The zero-order valence-electron chi connectivity index (χ0n) is 15.3. The lowest BCUT2D eigenvalue weighted by atomic mass is 10.1. The van der Waals surface area contributed by atoms with Gasteiger partial charge in [-0.25, -0.2) is 9.97 Å². The smallest absolute Gasteiger partial charge is 0.225 e. The van der Waals surface area contributed by atoms with Gasteiger partial charge in [0.15, 0.2) is 5.82 Å². The lowest BCUT2D eigenvalue weighted by Crippen LogP contribution is -2.41. The summed E-state index contributed by atoms with van der Waals surface area (Å²) in [5.41, 5.74) is 2.99. The Morgan fingerprint density at radius 3 is 2.80 bits per heavy atom. The molecule has 1 aliphatic heterocycles. The quantitative estimate of drug-likeness (QED) is 0.903. The summed E-state index contributed by atoms with van der Waals surface area (Å²) in [5.74, 6) is 1.63. The minimum absolute atomic E-state index is 0.0298. The van der Waals surface area contributed by atoms with E-state index in [4.69, 9.17) is 0 Å². The SMILES string of the molecule is Cc1nc(C2CN(Cc3scnc3C)CCCN2C(=O)C(C)C)n[nH]1. The number of carbonyl (C=O) groups excluding carboxylic acids is 1. The van der Waals surface area contributed by atoms with Crippen LogP contribution in [0.2, 0.25) is 0 Å². The number of nitrogens with one attached hydrogen (secondary N) is 1. The highest BCUT2D eigenvalue weighted by atomic mass is 32.1. The third-order valence-electron chi connectivity index (χ3n) is 4.58. The molecule has 1 aliphatic rings. The summed E-state index contributed by atoms with van der Waals surface area (Å²) in [6, 6.07) is -0.115. The molecule has 3 heterocycles. The van der Waals surface area contributed by atoms with E-state index in [1.807, 2.05) is 38.1 Å². The molecule has 1 saturated heterocycles. The van der Waals surface area contributed by atoms with Gasteiger partial charge in [0.1, 0.15) is 11.9 Å². The van der Waals surface area contributed by atoms with E-state index in [1.165, 1.54) is 4.88 Å². The lowest BCUT2D eigenvalue weighted by Gasteiger charge is -2.31. The van der Waals surface area contributed by atoms with E-state index < -0.39 is 0 Å². The highest BCUT2D eigenvalue weighted by Gasteiger charge is 2.33. The molecule has 25 heavy (non-hydrogen) atoms. The molecule has 3 rings (SSSR count). The van der Waals surface area contributed by atoms with E-state index in [2.05, 4.69) is 25.1 Å². The van der Waals surface area contributed by atoms with Gasteiger partial charge >= 0.3 is 0 Å². The predicted octanol–water partition coefficient (Wildman–Crippen LogP) is 2.31. The first-order valence-corrected chi connectivity index (χ1v) is 9.64. The van der Waals surface area contributed by atoms with E-state index >= 15 is 0 Å². The maximum atomic E-state index is 12.8. The van der Waals surface area contributed by atoms with E-state index in [9.17, 15) is 4.79 Å². The van der Waals surface area contributed by atoms with Crippen molar-refractivity contribution in [1.29, 1.82) is 0 Å². The molecule has 1 amide bonds. The van der Waals surface area contributed by atoms with Gasteiger partial charge in [-0.2, -0.15) is 5.10 Å². The van der Waals surface area contributed by atoms with Gasteiger partial charge < -0.3 is 4.90 Å². The normalized spacial score (nSPS) is 19.4. The molecule has 0 radical (unpaired) electrons. The number of rotatable bonds is 4. The maximum Gasteiger partial charge on any atom is 0.225 e. The Labute approximate surface area is 152 Å². The summed E-state index contributed by atoms with van der Waals surface area (Å²) < 4.78 is 0. The molecule has 7 nitrogen and oxygen atoms in total. The van der Waals surface area contributed by atoms with E-state index in [-0.39, 0.29) is 17.9 Å². The Kier molecular flexibility index (Phi) is 5.48. The van der Waals surface area contributed by atoms with Crippen molar-refractivity contribution in [1.82, 2.24) is 30.0 Å². The molecule has 2 aromatic rings. The second-order valence-electron chi connectivity index (χ2n) is 6.93. The number of nitrogens with zero attached hydrogens (tertiary/aromatic N) is 5. The van der Waals surface area contributed by atoms with Crippen LogP contribution in [0.25, 0.3) is 0 Å². The molecule has 1 unspecified atom stereocenters. The molecule has 1 fully saturated rings. The highest BCUT2D eigenvalue weighted by Crippen LogP contribution is 2.26. The molecule has 2 aromatic heterocycles. The summed E-state index contributed by atoms with van der Waals surface area (Å²) in [7, 11) is 0. The molecule has 1 atom stereocenters. The number of amides is 1. The minimum atomic E-state index is -0.115. The topological polar surface area (TPSA) is 78.0 Å². The predicted molar refractivity (Wildman–Crippen MR) is 97.2 cm³/mol. The molecule has 0 spiro atoms. The average Bonchev–Trinajstić information content (AvgIpc) is 3.11. The van der Waals surface area contributed by atoms with Crippen molar-refractivity contribution in [3.8, 4) is 0 Å². The van der Waals surface area contributed by atoms with Crippen LogP contribution < -0.4 is 0 Å². The van der Waals surface area contributed by atoms with Gasteiger partial charge in [-0.15, -0.1) is 11.3 Å². The van der Waals surface area contributed by atoms with Crippen molar-refractivity contribution in [2.75, 3.05) is 19.6 Å². The molecular formula is C17H26N6OS. The second kappa shape index (κ2) is 7.61. The Balaban J connectivity index is 1.85. The van der Waals surface area contributed by atoms with E-state index in [0.29, 0.717) is 5.82 Å². The van der Waals surface area contributed by atoms with Crippen molar-refractivity contribution in [3.63, 3.8) is 0 Å². The van der Waals surface area contributed by atoms with Crippen molar-refractivity contribution >= 4 is 17.2 Å². The molecule has 0 aliphatic carbocycles. The van der Waals surface area contributed by atoms with Gasteiger partial charge in [0.05, 0.1) is 11.2 Å². The van der Waals surface area contributed by atoms with Crippen LogP contribution >= 0.6 is 11.3 Å². The average molecular weight is 363 g/mol. The number of H-pyrrole nitrogens is 1. The molecule has 0 aromatic carbocycles. The highest BCUT2D eigenvalue weighted by molar-refractivity contribution is 7.09. The Hall–Kier alpha value is -1.80. The first-order valence-electron chi connectivity index (χ1n) is 8.76. The van der Waals surface area contributed by atoms with Gasteiger partial charge in [-0.05, 0) is 20.3 Å². The van der Waals surface area contributed by atoms with Crippen LogP contribution in [0.4, 0.5) is 0 Å². The summed E-state index contributed by atoms with van der Waals surface area (Å²) in [6.45, 7) is 11.1. The Morgan fingerprint density at radius 1 is 1.40 bits per heavy atom. The number of carbonyl (C=O) groups is 1. The molecule has 0 bridgehead atoms. The summed E-state index contributed by atoms with van der Waals surface area (Å²) in [6.07, 6.45) is 0.955. The first kappa shape index (κ1) is 18.0. The fraction of sp³-hybridized carbons (Fsp3) is 0.647. The fourth-order valence-corrected chi connectivity index (χ4v) is 4.02. The third kappa shape index (κ3) is 4.07. The van der Waals surface area contributed by atoms with Crippen LogP contribution in [-0.4, -0.2) is 55.5 Å². The zero-order chi connectivity index (χ0) is 18.0. The van der Waals surface area contributed by atoms with Gasteiger partial charge in [0, 0.05) is 37.0 Å². The van der Waals surface area contributed by atoms with E-state index in [1.54, 1.807) is 11.3 Å². The van der Waals surface area contributed by atoms with Crippen molar-refractivity contribution in [2.24, 2.45) is 5.92 Å². The zero-order valence-corrected chi connectivity index (χ0v) is 16.1. The van der Waals surface area contributed by atoms with Crippen LogP contribution in [-0.2, 0) is 11.3 Å². The number of hydrogen-bond acceptors (Lipinski definition) is 6. The van der Waals surface area contributed by atoms with Gasteiger partial charge in [-0.3, -0.25) is 14.8 Å². The molecule has 1 N–H and O–H groups in total. The second-order valence-corrected chi connectivity index (χ2v) is 7.87. The molecule has 0 saturated carbocycles. The number of aryl methyl sites for hydroxylation is 2. The van der Waals surface area contributed by atoms with Crippen LogP contribution in [0.1, 0.15) is 48.5 Å². The first-order chi connectivity index (χ1) is 12.0.